The average Bonchev–Trinajstić information content (AvgIpc) is 3.17. The predicted molar refractivity (Wildman–Crippen MR) is 210 cm³/mol. The van der Waals surface area contributed by atoms with Crippen LogP contribution in [-0.4, -0.2) is 97.7 Å². The van der Waals surface area contributed by atoms with Crippen molar-refractivity contribution in [1.29, 1.82) is 0 Å². The molecular formula is C40H57N5O9S. The summed E-state index contributed by atoms with van der Waals surface area (Å²) in [4.78, 5) is 79.1. The molecule has 2 aromatic carbocycles. The van der Waals surface area contributed by atoms with Gasteiger partial charge in [-0.3, -0.25) is 14.4 Å². The second-order valence-electron chi connectivity index (χ2n) is 14.2. The topological polar surface area (TPSA) is 181 Å². The molecule has 0 spiro atoms. The minimum Gasteiger partial charge on any atom is -0.464 e. The molecule has 4 N–H and O–H groups in total. The fourth-order valence-electron chi connectivity index (χ4n) is 5.62. The summed E-state index contributed by atoms with van der Waals surface area (Å²) in [7, 11) is 0. The highest BCUT2D eigenvalue weighted by molar-refractivity contribution is 7.98. The van der Waals surface area contributed by atoms with Crippen molar-refractivity contribution in [3.05, 3.63) is 70.8 Å². The first-order chi connectivity index (χ1) is 26.4. The SMILES string of the molecule is CSCC[C@H](NC(=O)c1cccc2c1CCN(C(=O)OCC(C)C)C2)C(=O)NCC(=O)N[C@@H](CCCCNC(=O)OCc1ccccc1)C(=O)OCC(C)C. The zero-order valence-electron chi connectivity index (χ0n) is 32.7. The number of hydrogen-bond donors (Lipinski definition) is 4. The molecule has 1 aliphatic rings. The van der Waals surface area contributed by atoms with Gasteiger partial charge in [-0.2, -0.15) is 11.8 Å². The lowest BCUT2D eigenvalue weighted by Crippen LogP contribution is -2.51. The van der Waals surface area contributed by atoms with Crippen molar-refractivity contribution in [2.45, 2.75) is 85.0 Å². The highest BCUT2D eigenvalue weighted by atomic mass is 32.2. The zero-order valence-corrected chi connectivity index (χ0v) is 33.5. The first-order valence-electron chi connectivity index (χ1n) is 18.9. The van der Waals surface area contributed by atoms with E-state index in [1.165, 1.54) is 11.8 Å². The van der Waals surface area contributed by atoms with Gasteiger partial charge >= 0.3 is 18.2 Å². The molecule has 14 nitrogen and oxygen atoms in total. The lowest BCUT2D eigenvalue weighted by Gasteiger charge is -2.29. The van der Waals surface area contributed by atoms with Crippen molar-refractivity contribution in [1.82, 2.24) is 26.2 Å². The number of benzene rings is 2. The van der Waals surface area contributed by atoms with Gasteiger partial charge in [-0.15, -0.1) is 0 Å². The molecule has 0 bridgehead atoms. The Morgan fingerprint density at radius 3 is 2.24 bits per heavy atom. The van der Waals surface area contributed by atoms with Gasteiger partial charge in [-0.1, -0.05) is 70.2 Å². The number of nitrogens with zero attached hydrogens (tertiary/aromatic N) is 1. The normalized spacial score (nSPS) is 13.3. The molecule has 0 saturated heterocycles. The molecule has 0 aliphatic carbocycles. The van der Waals surface area contributed by atoms with Crippen LogP contribution in [0.4, 0.5) is 9.59 Å². The molecule has 0 radical (unpaired) electrons. The Kier molecular flexibility index (Phi) is 19.4. The molecule has 0 saturated carbocycles. The molecule has 0 aromatic heterocycles. The minimum atomic E-state index is -0.961. The number of thioether (sulfide) groups is 1. The first-order valence-corrected chi connectivity index (χ1v) is 20.3. The number of unbranched alkanes of at least 4 members (excludes halogenated alkanes) is 1. The van der Waals surface area contributed by atoms with Crippen molar-refractivity contribution in [3.8, 4) is 0 Å². The lowest BCUT2D eigenvalue weighted by molar-refractivity contribution is -0.149. The molecule has 5 amide bonds. The van der Waals surface area contributed by atoms with Crippen molar-refractivity contribution >= 4 is 47.6 Å². The van der Waals surface area contributed by atoms with Crippen LogP contribution in [0.3, 0.4) is 0 Å². The Labute approximate surface area is 328 Å². The number of hydrogen-bond acceptors (Lipinski definition) is 10. The highest BCUT2D eigenvalue weighted by Crippen LogP contribution is 2.24. The molecule has 15 heteroatoms. The Morgan fingerprint density at radius 2 is 1.53 bits per heavy atom. The van der Waals surface area contributed by atoms with Gasteiger partial charge < -0.3 is 40.4 Å². The Hall–Kier alpha value is -4.79. The van der Waals surface area contributed by atoms with E-state index in [1.807, 2.05) is 70.3 Å². The largest absolute Gasteiger partial charge is 0.464 e. The van der Waals surface area contributed by atoms with Gasteiger partial charge in [0.1, 0.15) is 18.7 Å². The summed E-state index contributed by atoms with van der Waals surface area (Å²) in [6, 6.07) is 12.7. The Balaban J connectivity index is 1.53. The van der Waals surface area contributed by atoms with Crippen molar-refractivity contribution in [2.75, 3.05) is 44.9 Å². The summed E-state index contributed by atoms with van der Waals surface area (Å²) in [5.41, 5.74) is 2.94. The number of ether oxygens (including phenoxy) is 3. The molecule has 1 heterocycles. The molecule has 55 heavy (non-hydrogen) atoms. The summed E-state index contributed by atoms with van der Waals surface area (Å²) >= 11 is 1.52. The van der Waals surface area contributed by atoms with Crippen LogP contribution in [-0.2, 0) is 48.2 Å². The van der Waals surface area contributed by atoms with E-state index in [1.54, 1.807) is 17.0 Å². The van der Waals surface area contributed by atoms with Crippen molar-refractivity contribution in [3.63, 3.8) is 0 Å². The number of rotatable bonds is 21. The van der Waals surface area contributed by atoms with Gasteiger partial charge in [0.25, 0.3) is 5.91 Å². The molecule has 1 aliphatic heterocycles. The Morgan fingerprint density at radius 1 is 0.800 bits per heavy atom. The lowest BCUT2D eigenvalue weighted by atomic mass is 9.94. The predicted octanol–water partition coefficient (Wildman–Crippen LogP) is 4.59. The molecular weight excluding hydrogens is 727 g/mol. The maximum atomic E-state index is 13.6. The van der Waals surface area contributed by atoms with E-state index in [-0.39, 0.29) is 31.5 Å². The van der Waals surface area contributed by atoms with Gasteiger partial charge in [0, 0.05) is 25.2 Å². The minimum absolute atomic E-state index is 0.0913. The number of nitrogens with one attached hydrogen (secondary N) is 4. The molecule has 2 atom stereocenters. The Bertz CT molecular complexity index is 1570. The molecule has 302 valence electrons. The third-order valence-corrected chi connectivity index (χ3v) is 9.19. The second kappa shape index (κ2) is 23.9. The molecule has 2 aromatic rings. The maximum Gasteiger partial charge on any atom is 0.410 e. The average molecular weight is 784 g/mol. The van der Waals surface area contributed by atoms with Crippen LogP contribution >= 0.6 is 11.8 Å². The molecule has 0 fully saturated rings. The second-order valence-corrected chi connectivity index (χ2v) is 15.2. The third kappa shape index (κ3) is 16.2. The fourth-order valence-corrected chi connectivity index (χ4v) is 6.09. The summed E-state index contributed by atoms with van der Waals surface area (Å²) in [6.07, 6.45) is 2.98. The number of esters is 1. The van der Waals surface area contributed by atoms with Crippen LogP contribution in [0, 0.1) is 11.8 Å². The van der Waals surface area contributed by atoms with Crippen LogP contribution in [0.25, 0.3) is 0 Å². The van der Waals surface area contributed by atoms with Gasteiger partial charge in [0.05, 0.1) is 19.8 Å². The van der Waals surface area contributed by atoms with Crippen LogP contribution in [0.5, 0.6) is 0 Å². The van der Waals surface area contributed by atoms with E-state index in [9.17, 15) is 28.8 Å². The van der Waals surface area contributed by atoms with E-state index in [0.717, 1.165) is 16.7 Å². The monoisotopic (exact) mass is 783 g/mol. The van der Waals surface area contributed by atoms with Crippen molar-refractivity contribution in [2.24, 2.45) is 11.8 Å². The van der Waals surface area contributed by atoms with E-state index in [4.69, 9.17) is 14.2 Å². The van der Waals surface area contributed by atoms with E-state index < -0.39 is 54.5 Å². The van der Waals surface area contributed by atoms with Gasteiger partial charge in [0.2, 0.25) is 11.8 Å². The standard InChI is InChI=1S/C40H57N5O9S/c1-27(2)24-52-38(49)34(16-9-10-19-41-39(50)53-26-29-12-7-6-8-13-29)43-35(46)22-42-37(48)33(18-21-55-5)44-36(47)32-15-11-14-30-23-45(20-17-31(30)32)40(51)54-25-28(3)4/h6-8,11-15,27-28,33-34H,9-10,16-26H2,1-5H3,(H,41,50)(H,42,48)(H,43,46)(H,44,47)/t33-,34-/m0/s1. The van der Waals surface area contributed by atoms with Gasteiger partial charge in [0.15, 0.2) is 0 Å². The summed E-state index contributed by atoms with van der Waals surface area (Å²) in [6.45, 7) is 8.99. The van der Waals surface area contributed by atoms with Crippen LogP contribution in [0.2, 0.25) is 0 Å². The quantitative estimate of drug-likeness (QED) is 0.0795. The summed E-state index contributed by atoms with van der Waals surface area (Å²) in [5, 5.41) is 10.8. The van der Waals surface area contributed by atoms with Crippen LogP contribution in [0.1, 0.15) is 80.4 Å². The van der Waals surface area contributed by atoms with E-state index in [2.05, 4.69) is 21.3 Å². The number of fused-ring (bicyclic) bond motifs is 1. The summed E-state index contributed by atoms with van der Waals surface area (Å²) < 4.78 is 16.0. The van der Waals surface area contributed by atoms with Gasteiger partial charge in [-0.05, 0) is 78.7 Å². The zero-order chi connectivity index (χ0) is 40.2. The smallest absolute Gasteiger partial charge is 0.410 e. The summed E-state index contributed by atoms with van der Waals surface area (Å²) in [5.74, 6) is -1.26. The molecule has 3 rings (SSSR count). The number of carbonyl (C=O) groups is 6. The van der Waals surface area contributed by atoms with Crippen LogP contribution < -0.4 is 21.3 Å². The third-order valence-electron chi connectivity index (χ3n) is 8.54. The first kappa shape index (κ1) is 44.6. The fraction of sp³-hybridized carbons (Fsp3) is 0.550. The highest BCUT2D eigenvalue weighted by Gasteiger charge is 2.28. The number of alkyl carbamates (subject to hydrolysis) is 1. The van der Waals surface area contributed by atoms with Crippen LogP contribution in [0.15, 0.2) is 48.5 Å². The number of amides is 5. The van der Waals surface area contributed by atoms with Crippen molar-refractivity contribution < 1.29 is 43.0 Å². The van der Waals surface area contributed by atoms with Gasteiger partial charge in [-0.25, -0.2) is 14.4 Å². The molecule has 0 unspecified atom stereocenters. The van der Waals surface area contributed by atoms with E-state index >= 15 is 0 Å². The number of carbonyl (C=O) groups excluding carboxylic acids is 6. The maximum absolute atomic E-state index is 13.6. The van der Waals surface area contributed by atoms with E-state index in [0.29, 0.717) is 63.2 Å².